The molecule has 0 saturated carbocycles. The van der Waals surface area contributed by atoms with Crippen molar-refractivity contribution in [3.8, 4) is 11.5 Å². The van der Waals surface area contributed by atoms with Gasteiger partial charge in [0.05, 0.1) is 27.3 Å². The van der Waals surface area contributed by atoms with E-state index in [1.807, 2.05) is 39.9 Å². The third-order valence-corrected chi connectivity index (χ3v) is 5.73. The van der Waals surface area contributed by atoms with Gasteiger partial charge in [-0.2, -0.15) is 0 Å². The van der Waals surface area contributed by atoms with Crippen LogP contribution >= 0.6 is 22.7 Å². The first kappa shape index (κ1) is 19.2. The summed E-state index contributed by atoms with van der Waals surface area (Å²) in [5.74, 6) is 1.35. The first-order valence-corrected chi connectivity index (χ1v) is 10.2. The Labute approximate surface area is 167 Å². The number of carbonyl (C=O) groups is 1. The van der Waals surface area contributed by atoms with Crippen molar-refractivity contribution >= 4 is 34.7 Å². The lowest BCUT2D eigenvalue weighted by Crippen LogP contribution is -2.27. The molecule has 0 spiro atoms. The van der Waals surface area contributed by atoms with E-state index in [-0.39, 0.29) is 5.91 Å². The molecule has 3 rings (SSSR count). The largest absolute Gasteiger partial charge is 0.497 e. The van der Waals surface area contributed by atoms with Gasteiger partial charge in [-0.1, -0.05) is 12.1 Å². The van der Waals surface area contributed by atoms with E-state index < -0.39 is 0 Å². The highest BCUT2D eigenvalue weighted by Crippen LogP contribution is 2.26. The Balaban J connectivity index is 1.78. The van der Waals surface area contributed by atoms with Gasteiger partial charge in [0.2, 0.25) is 5.91 Å². The number of ether oxygens (including phenoxy) is 2. The van der Waals surface area contributed by atoms with Crippen LogP contribution in [0.2, 0.25) is 0 Å². The second kappa shape index (κ2) is 9.39. The summed E-state index contributed by atoms with van der Waals surface area (Å²) in [6.45, 7) is 1.19. The SMILES string of the molecule is COc1ccc(/C=C/C(=O)N(Cc2cccs2)Cc2cccs2)c(OC)c1. The van der Waals surface area contributed by atoms with Crippen LogP contribution in [0.5, 0.6) is 11.5 Å². The lowest BCUT2D eigenvalue weighted by atomic mass is 10.1. The number of nitrogens with zero attached hydrogens (tertiary/aromatic N) is 1. The Bertz CT molecular complexity index is 850. The monoisotopic (exact) mass is 399 g/mol. The maximum atomic E-state index is 12.9. The maximum Gasteiger partial charge on any atom is 0.247 e. The predicted octanol–water partition coefficient (Wildman–Crippen LogP) is 5.07. The van der Waals surface area contributed by atoms with Crippen molar-refractivity contribution in [3.63, 3.8) is 0 Å². The van der Waals surface area contributed by atoms with Crippen LogP contribution < -0.4 is 9.47 Å². The first-order valence-electron chi connectivity index (χ1n) is 8.43. The fourth-order valence-corrected chi connectivity index (χ4v) is 4.05. The van der Waals surface area contributed by atoms with Gasteiger partial charge >= 0.3 is 0 Å². The molecule has 2 heterocycles. The summed E-state index contributed by atoms with van der Waals surface area (Å²) in [4.78, 5) is 17.1. The quantitative estimate of drug-likeness (QED) is 0.497. The van der Waals surface area contributed by atoms with E-state index in [0.717, 1.165) is 15.3 Å². The van der Waals surface area contributed by atoms with Crippen molar-refractivity contribution < 1.29 is 14.3 Å². The van der Waals surface area contributed by atoms with E-state index in [1.54, 1.807) is 55.1 Å². The minimum absolute atomic E-state index is 0.0327. The average molecular weight is 400 g/mol. The zero-order valence-corrected chi connectivity index (χ0v) is 16.9. The van der Waals surface area contributed by atoms with Gasteiger partial charge in [-0.15, -0.1) is 22.7 Å². The number of amides is 1. The van der Waals surface area contributed by atoms with E-state index in [9.17, 15) is 4.79 Å². The number of thiophene rings is 2. The topological polar surface area (TPSA) is 38.8 Å². The highest BCUT2D eigenvalue weighted by Gasteiger charge is 2.14. The lowest BCUT2D eigenvalue weighted by Gasteiger charge is -2.20. The highest BCUT2D eigenvalue weighted by molar-refractivity contribution is 7.10. The molecule has 0 radical (unpaired) electrons. The van der Waals surface area contributed by atoms with Crippen molar-refractivity contribution in [1.29, 1.82) is 0 Å². The lowest BCUT2D eigenvalue weighted by molar-refractivity contribution is -0.127. The van der Waals surface area contributed by atoms with E-state index >= 15 is 0 Å². The van der Waals surface area contributed by atoms with Crippen molar-refractivity contribution in [1.82, 2.24) is 4.90 Å². The second-order valence-electron chi connectivity index (χ2n) is 5.79. The van der Waals surface area contributed by atoms with E-state index in [2.05, 4.69) is 12.1 Å². The third-order valence-electron chi connectivity index (χ3n) is 4.01. The summed E-state index contributed by atoms with van der Waals surface area (Å²) in [7, 11) is 3.22. The molecule has 0 N–H and O–H groups in total. The Hall–Kier alpha value is -2.57. The molecule has 1 aromatic carbocycles. The fraction of sp³-hybridized carbons (Fsp3) is 0.190. The van der Waals surface area contributed by atoms with Crippen molar-refractivity contribution in [2.45, 2.75) is 13.1 Å². The summed E-state index contributed by atoms with van der Waals surface area (Å²) >= 11 is 3.31. The van der Waals surface area contributed by atoms with Crippen LogP contribution in [-0.2, 0) is 17.9 Å². The van der Waals surface area contributed by atoms with Crippen molar-refractivity contribution in [3.05, 3.63) is 74.6 Å². The number of benzene rings is 1. The van der Waals surface area contributed by atoms with Crippen LogP contribution in [0.15, 0.2) is 59.3 Å². The zero-order chi connectivity index (χ0) is 19.1. The Kier molecular flexibility index (Phi) is 6.68. The first-order chi connectivity index (χ1) is 13.2. The van der Waals surface area contributed by atoms with Crippen LogP contribution in [0.25, 0.3) is 6.08 Å². The summed E-state index contributed by atoms with van der Waals surface area (Å²) in [5, 5.41) is 4.06. The predicted molar refractivity (Wildman–Crippen MR) is 111 cm³/mol. The minimum atomic E-state index is -0.0327. The van der Waals surface area contributed by atoms with Crippen molar-refractivity contribution in [2.24, 2.45) is 0 Å². The van der Waals surface area contributed by atoms with Gasteiger partial charge in [0, 0.05) is 27.5 Å². The molecule has 0 aliphatic carbocycles. The van der Waals surface area contributed by atoms with Gasteiger partial charge < -0.3 is 14.4 Å². The minimum Gasteiger partial charge on any atom is -0.497 e. The van der Waals surface area contributed by atoms with E-state index in [4.69, 9.17) is 9.47 Å². The Morgan fingerprint density at radius 2 is 1.67 bits per heavy atom. The molecule has 0 aliphatic rings. The number of rotatable bonds is 8. The smallest absolute Gasteiger partial charge is 0.247 e. The van der Waals surface area contributed by atoms with Gasteiger partial charge in [0.25, 0.3) is 0 Å². The van der Waals surface area contributed by atoms with Crippen LogP contribution in [-0.4, -0.2) is 25.0 Å². The van der Waals surface area contributed by atoms with Gasteiger partial charge in [0.1, 0.15) is 11.5 Å². The van der Waals surface area contributed by atoms with Crippen LogP contribution in [0, 0.1) is 0 Å². The number of hydrogen-bond acceptors (Lipinski definition) is 5. The number of carbonyl (C=O) groups excluding carboxylic acids is 1. The molecule has 0 aliphatic heterocycles. The number of methoxy groups -OCH3 is 2. The van der Waals surface area contributed by atoms with Crippen LogP contribution in [0.3, 0.4) is 0 Å². The molecule has 4 nitrogen and oxygen atoms in total. The zero-order valence-electron chi connectivity index (χ0n) is 15.3. The summed E-state index contributed by atoms with van der Waals surface area (Å²) in [6, 6.07) is 13.6. The summed E-state index contributed by atoms with van der Waals surface area (Å²) in [6.07, 6.45) is 3.39. The molecule has 0 bridgehead atoms. The highest BCUT2D eigenvalue weighted by atomic mass is 32.1. The van der Waals surface area contributed by atoms with Crippen LogP contribution in [0.4, 0.5) is 0 Å². The van der Waals surface area contributed by atoms with Crippen molar-refractivity contribution in [2.75, 3.05) is 14.2 Å². The summed E-state index contributed by atoms with van der Waals surface area (Å²) in [5.41, 5.74) is 0.832. The molecule has 140 valence electrons. The Morgan fingerprint density at radius 3 is 2.19 bits per heavy atom. The van der Waals surface area contributed by atoms with Gasteiger partial charge in [-0.3, -0.25) is 4.79 Å². The van der Waals surface area contributed by atoms with Gasteiger partial charge in [-0.05, 0) is 41.1 Å². The molecule has 0 fully saturated rings. The maximum absolute atomic E-state index is 12.9. The third kappa shape index (κ3) is 5.21. The molecule has 1 amide bonds. The normalized spacial score (nSPS) is 10.9. The van der Waals surface area contributed by atoms with Gasteiger partial charge in [0.15, 0.2) is 0 Å². The fourth-order valence-electron chi connectivity index (χ4n) is 2.62. The Morgan fingerprint density at radius 1 is 1.00 bits per heavy atom. The molecular formula is C21H21NO3S2. The summed E-state index contributed by atoms with van der Waals surface area (Å²) < 4.78 is 10.6. The molecular weight excluding hydrogens is 378 g/mol. The molecule has 0 saturated heterocycles. The second-order valence-corrected chi connectivity index (χ2v) is 7.86. The number of hydrogen-bond donors (Lipinski definition) is 0. The van der Waals surface area contributed by atoms with Crippen LogP contribution in [0.1, 0.15) is 15.3 Å². The molecule has 6 heteroatoms. The average Bonchev–Trinajstić information content (AvgIpc) is 3.39. The standard InChI is InChI=1S/C21H21NO3S2/c1-24-17-9-7-16(20(13-17)25-2)8-10-21(23)22(14-18-5-3-11-26-18)15-19-6-4-12-27-19/h3-13H,14-15H2,1-2H3/b10-8+. The van der Waals surface area contributed by atoms with E-state index in [0.29, 0.717) is 24.6 Å². The molecule has 27 heavy (non-hydrogen) atoms. The van der Waals surface area contributed by atoms with Gasteiger partial charge in [-0.25, -0.2) is 0 Å². The molecule has 0 unspecified atom stereocenters. The molecule has 3 aromatic rings. The van der Waals surface area contributed by atoms with E-state index in [1.165, 1.54) is 0 Å². The molecule has 2 aromatic heterocycles. The molecule has 0 atom stereocenters.